The van der Waals surface area contributed by atoms with E-state index in [-0.39, 0.29) is 5.82 Å². The molecule has 1 aliphatic heterocycles. The summed E-state index contributed by atoms with van der Waals surface area (Å²) in [6.07, 6.45) is 6.29. The Hall–Kier alpha value is -1.72. The van der Waals surface area contributed by atoms with Crippen LogP contribution in [-0.2, 0) is 13.1 Å². The van der Waals surface area contributed by atoms with Crippen LogP contribution in [0.25, 0.3) is 0 Å². The number of aromatic nitrogens is 2. The molecule has 3 rings (SSSR count). The van der Waals surface area contributed by atoms with Crippen LogP contribution in [0.1, 0.15) is 38.1 Å². The van der Waals surface area contributed by atoms with Gasteiger partial charge in [0.1, 0.15) is 11.6 Å². The zero-order valence-electron chi connectivity index (χ0n) is 16.9. The van der Waals surface area contributed by atoms with Crippen molar-refractivity contribution in [2.24, 2.45) is 5.92 Å². The third-order valence-corrected chi connectivity index (χ3v) is 5.70. The molecule has 1 unspecified atom stereocenters. The maximum atomic E-state index is 13.2. The van der Waals surface area contributed by atoms with Crippen LogP contribution in [0.15, 0.2) is 36.7 Å². The molecule has 0 N–H and O–H groups in total. The summed E-state index contributed by atoms with van der Waals surface area (Å²) in [7, 11) is 0. The lowest BCUT2D eigenvalue weighted by atomic mass is 10.0. The first-order valence-electron chi connectivity index (χ1n) is 10.2. The summed E-state index contributed by atoms with van der Waals surface area (Å²) in [5.74, 6) is 1.53. The van der Waals surface area contributed by atoms with Crippen molar-refractivity contribution in [1.29, 1.82) is 0 Å². The Labute approximate surface area is 163 Å². The van der Waals surface area contributed by atoms with Crippen LogP contribution in [0.3, 0.4) is 0 Å². The SMILES string of the molecule is Cc1nccn1CCCN1CCCN(Cc2ccc(F)cc2)C(C(C)C)C1. The van der Waals surface area contributed by atoms with E-state index in [9.17, 15) is 4.39 Å². The molecule has 2 aromatic rings. The largest absolute Gasteiger partial charge is 0.335 e. The average Bonchev–Trinajstić information content (AvgIpc) is 2.93. The number of aryl methyl sites for hydroxylation is 2. The first-order chi connectivity index (χ1) is 13.0. The molecule has 0 saturated carbocycles. The van der Waals surface area contributed by atoms with Crippen molar-refractivity contribution in [1.82, 2.24) is 19.4 Å². The minimum atomic E-state index is -0.158. The third-order valence-electron chi connectivity index (χ3n) is 5.70. The minimum absolute atomic E-state index is 0.158. The molecule has 1 aromatic carbocycles. The summed E-state index contributed by atoms with van der Waals surface area (Å²) in [5.41, 5.74) is 1.20. The molecule has 5 heteroatoms. The van der Waals surface area contributed by atoms with E-state index in [1.165, 1.54) is 12.0 Å². The molecule has 0 bridgehead atoms. The van der Waals surface area contributed by atoms with Crippen LogP contribution in [0.5, 0.6) is 0 Å². The van der Waals surface area contributed by atoms with Crippen LogP contribution in [-0.4, -0.2) is 51.6 Å². The van der Waals surface area contributed by atoms with Gasteiger partial charge < -0.3 is 9.47 Å². The van der Waals surface area contributed by atoms with E-state index >= 15 is 0 Å². The van der Waals surface area contributed by atoms with E-state index in [1.807, 2.05) is 18.3 Å². The number of hydrogen-bond donors (Lipinski definition) is 0. The predicted octanol–water partition coefficient (Wildman–Crippen LogP) is 3.95. The van der Waals surface area contributed by atoms with E-state index in [0.717, 1.165) is 51.5 Å². The Morgan fingerprint density at radius 2 is 1.93 bits per heavy atom. The van der Waals surface area contributed by atoms with Crippen LogP contribution in [0.2, 0.25) is 0 Å². The zero-order chi connectivity index (χ0) is 19.2. The van der Waals surface area contributed by atoms with Crippen molar-refractivity contribution in [3.05, 3.63) is 53.9 Å². The predicted molar refractivity (Wildman–Crippen MR) is 108 cm³/mol. The molecule has 0 spiro atoms. The Morgan fingerprint density at radius 1 is 1.15 bits per heavy atom. The highest BCUT2D eigenvalue weighted by atomic mass is 19.1. The van der Waals surface area contributed by atoms with Crippen LogP contribution in [0, 0.1) is 18.7 Å². The molecule has 1 aromatic heterocycles. The molecule has 0 amide bonds. The molecule has 4 nitrogen and oxygen atoms in total. The first kappa shape index (κ1) is 20.0. The van der Waals surface area contributed by atoms with E-state index < -0.39 is 0 Å². The highest BCUT2D eigenvalue weighted by molar-refractivity contribution is 5.16. The highest BCUT2D eigenvalue weighted by Crippen LogP contribution is 2.20. The number of hydrogen-bond acceptors (Lipinski definition) is 3. The number of halogens is 1. The van der Waals surface area contributed by atoms with Crippen molar-refractivity contribution in [3.63, 3.8) is 0 Å². The Balaban J connectivity index is 1.57. The van der Waals surface area contributed by atoms with Crippen molar-refractivity contribution in [2.45, 2.75) is 52.7 Å². The van der Waals surface area contributed by atoms with E-state index in [1.54, 1.807) is 12.1 Å². The van der Waals surface area contributed by atoms with Crippen molar-refractivity contribution < 1.29 is 4.39 Å². The van der Waals surface area contributed by atoms with Crippen molar-refractivity contribution in [2.75, 3.05) is 26.2 Å². The maximum absolute atomic E-state index is 13.2. The fourth-order valence-corrected chi connectivity index (χ4v) is 4.10. The fourth-order valence-electron chi connectivity index (χ4n) is 4.10. The standard InChI is InChI=1S/C22H33FN4/c1-18(2)22-17-25(11-4-13-26-15-10-24-19(26)3)12-5-14-27(22)16-20-6-8-21(23)9-7-20/h6-10,15,18,22H,4-5,11-14,16-17H2,1-3H3. The highest BCUT2D eigenvalue weighted by Gasteiger charge is 2.27. The molecule has 1 fully saturated rings. The van der Waals surface area contributed by atoms with E-state index in [0.29, 0.717) is 12.0 Å². The second kappa shape index (κ2) is 9.47. The van der Waals surface area contributed by atoms with Gasteiger partial charge in [0.25, 0.3) is 0 Å². The van der Waals surface area contributed by atoms with Gasteiger partial charge in [0.15, 0.2) is 0 Å². The van der Waals surface area contributed by atoms with Crippen LogP contribution in [0.4, 0.5) is 4.39 Å². The second-order valence-electron chi connectivity index (χ2n) is 8.08. The number of rotatable bonds is 7. The summed E-state index contributed by atoms with van der Waals surface area (Å²) < 4.78 is 15.4. The molecular weight excluding hydrogens is 339 g/mol. The molecule has 0 aliphatic carbocycles. The number of benzene rings is 1. The molecule has 2 heterocycles. The summed E-state index contributed by atoms with van der Waals surface area (Å²) in [6, 6.07) is 7.52. The molecule has 1 atom stereocenters. The van der Waals surface area contributed by atoms with Gasteiger partial charge in [0, 0.05) is 44.6 Å². The summed E-state index contributed by atoms with van der Waals surface area (Å²) in [4.78, 5) is 9.53. The van der Waals surface area contributed by atoms with Gasteiger partial charge in [-0.3, -0.25) is 4.90 Å². The lowest BCUT2D eigenvalue weighted by Crippen LogP contribution is -2.44. The molecular formula is C22H33FN4. The van der Waals surface area contributed by atoms with Gasteiger partial charge in [-0.05, 0) is 56.5 Å². The topological polar surface area (TPSA) is 24.3 Å². The van der Waals surface area contributed by atoms with Crippen LogP contribution >= 0.6 is 0 Å². The fraction of sp³-hybridized carbons (Fsp3) is 0.591. The lowest BCUT2D eigenvalue weighted by Gasteiger charge is -2.34. The lowest BCUT2D eigenvalue weighted by molar-refractivity contribution is 0.131. The van der Waals surface area contributed by atoms with Gasteiger partial charge in [-0.2, -0.15) is 0 Å². The molecule has 1 aliphatic rings. The number of nitrogens with zero attached hydrogens (tertiary/aromatic N) is 4. The smallest absolute Gasteiger partial charge is 0.123 e. The van der Waals surface area contributed by atoms with E-state index in [2.05, 4.69) is 46.3 Å². The maximum Gasteiger partial charge on any atom is 0.123 e. The number of imidazole rings is 1. The monoisotopic (exact) mass is 372 g/mol. The summed E-state index contributed by atoms with van der Waals surface area (Å²) in [5, 5.41) is 0. The minimum Gasteiger partial charge on any atom is -0.335 e. The van der Waals surface area contributed by atoms with Crippen LogP contribution < -0.4 is 0 Å². The normalized spacial score (nSPS) is 19.5. The van der Waals surface area contributed by atoms with Gasteiger partial charge in [-0.15, -0.1) is 0 Å². The summed E-state index contributed by atoms with van der Waals surface area (Å²) >= 11 is 0. The second-order valence-corrected chi connectivity index (χ2v) is 8.08. The van der Waals surface area contributed by atoms with Gasteiger partial charge in [-0.1, -0.05) is 26.0 Å². The summed E-state index contributed by atoms with van der Waals surface area (Å²) in [6.45, 7) is 13.2. The van der Waals surface area contributed by atoms with Crippen molar-refractivity contribution >= 4 is 0 Å². The molecule has 1 saturated heterocycles. The Bertz CT molecular complexity index is 695. The van der Waals surface area contributed by atoms with E-state index in [4.69, 9.17) is 0 Å². The quantitative estimate of drug-likeness (QED) is 0.735. The Morgan fingerprint density at radius 3 is 2.59 bits per heavy atom. The van der Waals surface area contributed by atoms with Crippen molar-refractivity contribution in [3.8, 4) is 0 Å². The molecule has 148 valence electrons. The molecule has 0 radical (unpaired) electrons. The zero-order valence-corrected chi connectivity index (χ0v) is 16.9. The van der Waals surface area contributed by atoms with Gasteiger partial charge in [0.2, 0.25) is 0 Å². The first-order valence-corrected chi connectivity index (χ1v) is 10.2. The van der Waals surface area contributed by atoms with Gasteiger partial charge in [-0.25, -0.2) is 9.37 Å². The van der Waals surface area contributed by atoms with Gasteiger partial charge >= 0.3 is 0 Å². The van der Waals surface area contributed by atoms with Gasteiger partial charge in [0.05, 0.1) is 0 Å². The average molecular weight is 373 g/mol. The third kappa shape index (κ3) is 5.63. The Kier molecular flexibility index (Phi) is 7.02. The molecule has 27 heavy (non-hydrogen) atoms.